The molecule has 1 fully saturated rings. The van der Waals surface area contributed by atoms with Gasteiger partial charge in [0, 0.05) is 18.8 Å². The summed E-state index contributed by atoms with van der Waals surface area (Å²) in [7, 11) is -7.02. The van der Waals surface area contributed by atoms with Crippen molar-refractivity contribution in [2.24, 2.45) is 0 Å². The molecule has 2 aromatic rings. The summed E-state index contributed by atoms with van der Waals surface area (Å²) in [5, 5.41) is 2.05. The van der Waals surface area contributed by atoms with Crippen molar-refractivity contribution in [2.45, 2.75) is 11.1 Å². The van der Waals surface area contributed by atoms with E-state index in [2.05, 4.69) is 5.32 Å². The monoisotopic (exact) mass is 585 g/mol. The number of hydrogen-bond acceptors (Lipinski definition) is 7. The van der Waals surface area contributed by atoms with E-state index < -0.39 is 49.9 Å². The van der Waals surface area contributed by atoms with Crippen molar-refractivity contribution in [1.82, 2.24) is 4.31 Å². The second kappa shape index (κ2) is 11.0. The van der Waals surface area contributed by atoms with Gasteiger partial charge in [0.1, 0.15) is 17.2 Å². The molecule has 204 valence electrons. The number of ether oxygens (including phenoxy) is 2. The Kier molecular flexibility index (Phi) is 8.64. The van der Waals surface area contributed by atoms with E-state index in [1.165, 1.54) is 23.5 Å². The Morgan fingerprint density at radius 2 is 1.78 bits per heavy atom. The molecular formula is C21H23ClF3N3O7S2. The van der Waals surface area contributed by atoms with Gasteiger partial charge < -0.3 is 14.8 Å². The van der Waals surface area contributed by atoms with Gasteiger partial charge in [-0.05, 0) is 36.4 Å². The lowest BCUT2D eigenvalue weighted by atomic mass is 10.2. The van der Waals surface area contributed by atoms with E-state index in [4.69, 9.17) is 21.1 Å². The Bertz CT molecular complexity index is 1380. The maximum absolute atomic E-state index is 13.2. The molecule has 0 spiro atoms. The van der Waals surface area contributed by atoms with Gasteiger partial charge in [0.05, 0.1) is 42.9 Å². The Labute approximate surface area is 217 Å². The molecule has 1 amide bonds. The summed E-state index contributed by atoms with van der Waals surface area (Å²) in [5.41, 5.74) is -1.71. The van der Waals surface area contributed by atoms with Crippen molar-refractivity contribution in [3.05, 3.63) is 47.0 Å². The Balaban J connectivity index is 1.90. The van der Waals surface area contributed by atoms with E-state index in [0.717, 1.165) is 12.1 Å². The quantitative estimate of drug-likeness (QED) is 0.505. The van der Waals surface area contributed by atoms with Gasteiger partial charge in [-0.2, -0.15) is 17.5 Å². The molecule has 1 heterocycles. The van der Waals surface area contributed by atoms with E-state index >= 15 is 0 Å². The molecule has 0 aromatic heterocycles. The van der Waals surface area contributed by atoms with Gasteiger partial charge in [0.2, 0.25) is 26.0 Å². The van der Waals surface area contributed by atoms with Crippen molar-refractivity contribution in [2.75, 3.05) is 55.8 Å². The second-order valence-electron chi connectivity index (χ2n) is 7.86. The summed E-state index contributed by atoms with van der Waals surface area (Å²) in [6, 6.07) is 5.86. The number of sulfonamides is 2. The Hall–Kier alpha value is -2.59. The fourth-order valence-electron chi connectivity index (χ4n) is 3.47. The minimum absolute atomic E-state index is 0.0120. The highest BCUT2D eigenvalue weighted by Crippen LogP contribution is 2.36. The molecule has 10 nitrogen and oxygen atoms in total. The van der Waals surface area contributed by atoms with Crippen LogP contribution in [-0.2, 0) is 35.8 Å². The van der Waals surface area contributed by atoms with Gasteiger partial charge in [0.15, 0.2) is 0 Å². The largest absolute Gasteiger partial charge is 0.495 e. The Morgan fingerprint density at radius 3 is 2.35 bits per heavy atom. The number of alkyl halides is 3. The molecule has 0 atom stereocenters. The zero-order valence-corrected chi connectivity index (χ0v) is 22.0. The van der Waals surface area contributed by atoms with Crippen molar-refractivity contribution in [3.63, 3.8) is 0 Å². The SMILES string of the molecule is COc1ccc(NC(=O)CN(c2cc(C(F)(F)F)ccc2Cl)S(C)(=O)=O)cc1S(=O)(=O)N1CCOCC1. The highest BCUT2D eigenvalue weighted by molar-refractivity contribution is 7.92. The number of hydrogen-bond donors (Lipinski definition) is 1. The maximum atomic E-state index is 13.2. The standard InChI is InChI=1S/C21H23ClF3N3O7S2/c1-34-18-6-4-15(12-19(18)37(32,33)27-7-9-35-10-8-27)26-20(29)13-28(36(2,30)31)17-11-14(21(23,24)25)3-5-16(17)22/h3-6,11-12H,7-10,13H2,1-2H3,(H,26,29). The number of carbonyl (C=O) groups is 1. The van der Waals surface area contributed by atoms with E-state index in [1.54, 1.807) is 0 Å². The van der Waals surface area contributed by atoms with Crippen LogP contribution < -0.4 is 14.4 Å². The summed E-state index contributed by atoms with van der Waals surface area (Å²) >= 11 is 5.97. The van der Waals surface area contributed by atoms with E-state index in [9.17, 15) is 34.8 Å². The summed E-state index contributed by atoms with van der Waals surface area (Å²) in [5.74, 6) is -0.947. The van der Waals surface area contributed by atoms with Gasteiger partial charge in [0.25, 0.3) is 0 Å². The number of rotatable bonds is 8. The fraction of sp³-hybridized carbons (Fsp3) is 0.381. The van der Waals surface area contributed by atoms with Gasteiger partial charge in [-0.1, -0.05) is 11.6 Å². The van der Waals surface area contributed by atoms with Crippen LogP contribution >= 0.6 is 11.6 Å². The molecule has 1 N–H and O–H groups in total. The number of methoxy groups -OCH3 is 1. The molecule has 1 saturated heterocycles. The molecular weight excluding hydrogens is 563 g/mol. The zero-order chi connectivity index (χ0) is 27.6. The summed E-state index contributed by atoms with van der Waals surface area (Å²) in [4.78, 5) is 12.5. The first-order valence-corrected chi connectivity index (χ1v) is 14.2. The van der Waals surface area contributed by atoms with E-state index in [-0.39, 0.29) is 47.7 Å². The first kappa shape index (κ1) is 29.0. The maximum Gasteiger partial charge on any atom is 0.416 e. The summed E-state index contributed by atoms with van der Waals surface area (Å²) in [6.07, 6.45) is -4.08. The van der Waals surface area contributed by atoms with Crippen LogP contribution in [0.5, 0.6) is 5.75 Å². The first-order valence-electron chi connectivity index (χ1n) is 10.5. The van der Waals surface area contributed by atoms with Crippen LogP contribution in [0.4, 0.5) is 24.5 Å². The smallest absolute Gasteiger partial charge is 0.416 e. The van der Waals surface area contributed by atoms with Gasteiger partial charge in [-0.25, -0.2) is 16.8 Å². The number of nitrogens with one attached hydrogen (secondary N) is 1. The van der Waals surface area contributed by atoms with Crippen molar-refractivity contribution < 1.29 is 44.3 Å². The molecule has 3 rings (SSSR count). The van der Waals surface area contributed by atoms with Crippen LogP contribution in [0.25, 0.3) is 0 Å². The molecule has 37 heavy (non-hydrogen) atoms. The van der Waals surface area contributed by atoms with Crippen LogP contribution in [0.3, 0.4) is 0 Å². The third-order valence-corrected chi connectivity index (χ3v) is 8.63. The molecule has 1 aliphatic heterocycles. The number of amides is 1. The van der Waals surface area contributed by atoms with Gasteiger partial charge in [-0.3, -0.25) is 9.10 Å². The lowest BCUT2D eigenvalue weighted by molar-refractivity contribution is -0.137. The minimum atomic E-state index is -4.78. The zero-order valence-electron chi connectivity index (χ0n) is 19.6. The normalized spacial score (nSPS) is 15.3. The summed E-state index contributed by atoms with van der Waals surface area (Å²) < 4.78 is 103. The fourth-order valence-corrected chi connectivity index (χ4v) is 6.19. The lowest BCUT2D eigenvalue weighted by Crippen LogP contribution is -2.40. The average molecular weight is 586 g/mol. The minimum Gasteiger partial charge on any atom is -0.495 e. The van der Waals surface area contributed by atoms with Gasteiger partial charge >= 0.3 is 6.18 Å². The molecule has 0 unspecified atom stereocenters. The number of halogens is 4. The number of anilines is 2. The van der Waals surface area contributed by atoms with Crippen LogP contribution in [0, 0.1) is 0 Å². The van der Waals surface area contributed by atoms with Crippen molar-refractivity contribution >= 4 is 48.9 Å². The molecule has 0 bridgehead atoms. The predicted octanol–water partition coefficient (Wildman–Crippen LogP) is 2.79. The third kappa shape index (κ3) is 6.84. The predicted molar refractivity (Wildman–Crippen MR) is 130 cm³/mol. The molecule has 0 saturated carbocycles. The molecule has 16 heteroatoms. The topological polar surface area (TPSA) is 122 Å². The highest BCUT2D eigenvalue weighted by atomic mass is 35.5. The van der Waals surface area contributed by atoms with Crippen LogP contribution in [-0.4, -0.2) is 73.3 Å². The number of nitrogens with zero attached hydrogens (tertiary/aromatic N) is 2. The lowest BCUT2D eigenvalue weighted by Gasteiger charge is -2.27. The van der Waals surface area contributed by atoms with Crippen LogP contribution in [0.2, 0.25) is 5.02 Å². The average Bonchev–Trinajstić information content (AvgIpc) is 2.82. The van der Waals surface area contributed by atoms with E-state index in [0.29, 0.717) is 22.7 Å². The molecule has 1 aliphatic rings. The Morgan fingerprint density at radius 1 is 1.14 bits per heavy atom. The van der Waals surface area contributed by atoms with Crippen LogP contribution in [0.1, 0.15) is 5.56 Å². The number of carbonyl (C=O) groups excluding carboxylic acids is 1. The third-order valence-electron chi connectivity index (χ3n) is 5.26. The second-order valence-corrected chi connectivity index (χ2v) is 12.1. The molecule has 0 aliphatic carbocycles. The number of benzene rings is 2. The number of morpholine rings is 1. The van der Waals surface area contributed by atoms with Gasteiger partial charge in [-0.15, -0.1) is 0 Å². The van der Waals surface area contributed by atoms with Crippen molar-refractivity contribution in [1.29, 1.82) is 0 Å². The van der Waals surface area contributed by atoms with Crippen LogP contribution in [0.15, 0.2) is 41.3 Å². The first-order chi connectivity index (χ1) is 17.1. The highest BCUT2D eigenvalue weighted by Gasteiger charge is 2.33. The summed E-state index contributed by atoms with van der Waals surface area (Å²) in [6.45, 7) is -0.293. The van der Waals surface area contributed by atoms with Crippen molar-refractivity contribution in [3.8, 4) is 5.75 Å². The molecule has 0 radical (unpaired) electrons. The molecule has 2 aromatic carbocycles. The van der Waals surface area contributed by atoms with E-state index in [1.807, 2.05) is 0 Å².